The molecule has 0 bridgehead atoms. The van der Waals surface area contributed by atoms with E-state index in [1.165, 1.54) is 0 Å². The lowest BCUT2D eigenvalue weighted by atomic mass is 10.0. The topological polar surface area (TPSA) is 47.8 Å². The Kier molecular flexibility index (Phi) is 3.29. The molecule has 0 atom stereocenters. The summed E-state index contributed by atoms with van der Waals surface area (Å²) in [5, 5.41) is 1.96. The Morgan fingerprint density at radius 3 is 2.80 bits per heavy atom. The zero-order chi connectivity index (χ0) is 13.9. The molecule has 0 saturated heterocycles. The molecule has 0 aliphatic heterocycles. The summed E-state index contributed by atoms with van der Waals surface area (Å²) in [5.74, 6) is 0.975. The van der Waals surface area contributed by atoms with Gasteiger partial charge in [0.05, 0.1) is 0 Å². The van der Waals surface area contributed by atoms with E-state index in [1.54, 1.807) is 12.4 Å². The molecule has 0 N–H and O–H groups in total. The van der Waals surface area contributed by atoms with E-state index in [-0.39, 0.29) is 5.78 Å². The van der Waals surface area contributed by atoms with Crippen molar-refractivity contribution in [2.75, 3.05) is 0 Å². The number of imidazole rings is 1. The van der Waals surface area contributed by atoms with Crippen molar-refractivity contribution in [3.05, 3.63) is 60.4 Å². The third-order valence-corrected chi connectivity index (χ3v) is 3.43. The van der Waals surface area contributed by atoms with Gasteiger partial charge in [-0.05, 0) is 11.5 Å². The van der Waals surface area contributed by atoms with Gasteiger partial charge >= 0.3 is 0 Å². The van der Waals surface area contributed by atoms with Crippen molar-refractivity contribution in [2.45, 2.75) is 12.8 Å². The Hall–Kier alpha value is -2.49. The highest BCUT2D eigenvalue weighted by Gasteiger charge is 2.12. The van der Waals surface area contributed by atoms with Crippen LogP contribution in [0.25, 0.3) is 10.8 Å². The Bertz CT molecular complexity index is 756. The van der Waals surface area contributed by atoms with Crippen LogP contribution in [0.3, 0.4) is 0 Å². The van der Waals surface area contributed by atoms with Crippen LogP contribution in [0.2, 0.25) is 0 Å². The molecule has 0 spiro atoms. The molecule has 2 heterocycles. The van der Waals surface area contributed by atoms with Crippen molar-refractivity contribution in [1.82, 2.24) is 14.5 Å². The predicted octanol–water partition coefficient (Wildman–Crippen LogP) is 2.78. The molecule has 0 radical (unpaired) electrons. The first-order chi connectivity index (χ1) is 9.75. The standard InChI is InChI=1S/C16H15N3O/c1-19-11-10-17-15(19)7-6-14(20)16-13-5-3-2-4-12(13)8-9-18-16/h2-5,8-11H,6-7H2,1H3. The summed E-state index contributed by atoms with van der Waals surface area (Å²) in [6.07, 6.45) is 6.38. The van der Waals surface area contributed by atoms with Crippen LogP contribution in [-0.2, 0) is 13.5 Å². The van der Waals surface area contributed by atoms with Gasteiger partial charge in [0.15, 0.2) is 5.78 Å². The minimum atomic E-state index is 0.0600. The van der Waals surface area contributed by atoms with Crippen molar-refractivity contribution in [3.8, 4) is 0 Å². The zero-order valence-electron chi connectivity index (χ0n) is 11.3. The van der Waals surface area contributed by atoms with Crippen LogP contribution < -0.4 is 0 Å². The number of ketones is 1. The first kappa shape index (κ1) is 12.5. The molecule has 2 aromatic heterocycles. The maximum absolute atomic E-state index is 12.4. The predicted molar refractivity (Wildman–Crippen MR) is 77.6 cm³/mol. The Morgan fingerprint density at radius 2 is 2.00 bits per heavy atom. The van der Waals surface area contributed by atoms with Gasteiger partial charge in [-0.2, -0.15) is 0 Å². The zero-order valence-corrected chi connectivity index (χ0v) is 11.3. The molecule has 4 heteroatoms. The number of aromatic nitrogens is 3. The van der Waals surface area contributed by atoms with E-state index in [1.807, 2.05) is 48.1 Å². The fourth-order valence-corrected chi connectivity index (χ4v) is 2.32. The summed E-state index contributed by atoms with van der Waals surface area (Å²) in [6.45, 7) is 0. The van der Waals surface area contributed by atoms with Gasteiger partial charge in [-0.25, -0.2) is 4.98 Å². The highest BCUT2D eigenvalue weighted by molar-refractivity contribution is 6.06. The van der Waals surface area contributed by atoms with Gasteiger partial charge in [-0.15, -0.1) is 0 Å². The number of fused-ring (bicyclic) bond motifs is 1. The fraction of sp³-hybridized carbons (Fsp3) is 0.188. The lowest BCUT2D eigenvalue weighted by Crippen LogP contribution is -2.07. The number of hydrogen-bond donors (Lipinski definition) is 0. The van der Waals surface area contributed by atoms with Crippen LogP contribution in [0.5, 0.6) is 0 Å². The Morgan fingerprint density at radius 1 is 1.15 bits per heavy atom. The van der Waals surface area contributed by atoms with Crippen molar-refractivity contribution in [1.29, 1.82) is 0 Å². The Labute approximate surface area is 117 Å². The van der Waals surface area contributed by atoms with E-state index in [0.29, 0.717) is 18.5 Å². The number of pyridine rings is 1. The minimum Gasteiger partial charge on any atom is -0.338 e. The van der Waals surface area contributed by atoms with Gasteiger partial charge in [0, 0.05) is 43.9 Å². The first-order valence-corrected chi connectivity index (χ1v) is 6.59. The number of benzene rings is 1. The average Bonchev–Trinajstić information content (AvgIpc) is 2.89. The number of aryl methyl sites for hydroxylation is 2. The molecule has 0 unspecified atom stereocenters. The number of carbonyl (C=O) groups is 1. The molecular weight excluding hydrogens is 250 g/mol. The summed E-state index contributed by atoms with van der Waals surface area (Å²) < 4.78 is 1.93. The van der Waals surface area contributed by atoms with E-state index in [9.17, 15) is 4.79 Å². The maximum atomic E-state index is 12.4. The second kappa shape index (κ2) is 5.25. The van der Waals surface area contributed by atoms with E-state index in [0.717, 1.165) is 16.6 Å². The van der Waals surface area contributed by atoms with Crippen LogP contribution in [0.1, 0.15) is 22.7 Å². The molecule has 1 aromatic carbocycles. The number of hydrogen-bond acceptors (Lipinski definition) is 3. The van der Waals surface area contributed by atoms with Crippen LogP contribution in [0.4, 0.5) is 0 Å². The second-order valence-electron chi connectivity index (χ2n) is 4.76. The summed E-state index contributed by atoms with van der Waals surface area (Å²) >= 11 is 0. The lowest BCUT2D eigenvalue weighted by Gasteiger charge is -2.05. The van der Waals surface area contributed by atoms with E-state index < -0.39 is 0 Å². The SMILES string of the molecule is Cn1ccnc1CCC(=O)c1nccc2ccccc12. The van der Waals surface area contributed by atoms with E-state index in [4.69, 9.17) is 0 Å². The minimum absolute atomic E-state index is 0.0600. The van der Waals surface area contributed by atoms with Gasteiger partial charge < -0.3 is 4.57 Å². The molecular formula is C16H15N3O. The number of nitrogens with zero attached hydrogens (tertiary/aromatic N) is 3. The highest BCUT2D eigenvalue weighted by atomic mass is 16.1. The molecule has 4 nitrogen and oxygen atoms in total. The van der Waals surface area contributed by atoms with E-state index in [2.05, 4.69) is 9.97 Å². The smallest absolute Gasteiger partial charge is 0.182 e. The quantitative estimate of drug-likeness (QED) is 0.681. The molecule has 20 heavy (non-hydrogen) atoms. The molecule has 0 fully saturated rings. The molecule has 0 aliphatic carbocycles. The number of Topliss-reactive ketones (excluding diaryl/α,β-unsaturated/α-hetero) is 1. The first-order valence-electron chi connectivity index (χ1n) is 6.59. The van der Waals surface area contributed by atoms with Crippen molar-refractivity contribution < 1.29 is 4.79 Å². The fourth-order valence-electron chi connectivity index (χ4n) is 2.32. The molecule has 0 saturated carbocycles. The van der Waals surface area contributed by atoms with Crippen LogP contribution in [0.15, 0.2) is 48.9 Å². The van der Waals surface area contributed by atoms with Crippen molar-refractivity contribution in [3.63, 3.8) is 0 Å². The molecule has 3 rings (SSSR count). The molecule has 100 valence electrons. The summed E-state index contributed by atoms with van der Waals surface area (Å²) in [6, 6.07) is 9.75. The van der Waals surface area contributed by atoms with Gasteiger partial charge in [-0.3, -0.25) is 9.78 Å². The third kappa shape index (κ3) is 2.32. The molecule has 0 aliphatic rings. The second-order valence-corrected chi connectivity index (χ2v) is 4.76. The normalized spacial score (nSPS) is 10.8. The summed E-state index contributed by atoms with van der Waals surface area (Å²) in [5.41, 5.74) is 0.553. The van der Waals surface area contributed by atoms with E-state index >= 15 is 0 Å². The maximum Gasteiger partial charge on any atom is 0.182 e. The summed E-state index contributed by atoms with van der Waals surface area (Å²) in [7, 11) is 1.93. The van der Waals surface area contributed by atoms with Gasteiger partial charge in [0.1, 0.15) is 11.5 Å². The van der Waals surface area contributed by atoms with Crippen molar-refractivity contribution in [2.24, 2.45) is 7.05 Å². The van der Waals surface area contributed by atoms with Crippen molar-refractivity contribution >= 4 is 16.6 Å². The number of rotatable bonds is 4. The van der Waals surface area contributed by atoms with Crippen LogP contribution >= 0.6 is 0 Å². The number of carbonyl (C=O) groups excluding carboxylic acids is 1. The average molecular weight is 265 g/mol. The van der Waals surface area contributed by atoms with Gasteiger partial charge in [-0.1, -0.05) is 24.3 Å². The largest absolute Gasteiger partial charge is 0.338 e. The van der Waals surface area contributed by atoms with Crippen LogP contribution in [0, 0.1) is 0 Å². The molecule has 0 amide bonds. The van der Waals surface area contributed by atoms with Gasteiger partial charge in [0.25, 0.3) is 0 Å². The Balaban J connectivity index is 1.84. The van der Waals surface area contributed by atoms with Crippen LogP contribution in [-0.4, -0.2) is 20.3 Å². The highest BCUT2D eigenvalue weighted by Crippen LogP contribution is 2.18. The molecule has 3 aromatic rings. The lowest BCUT2D eigenvalue weighted by molar-refractivity contribution is 0.0979. The third-order valence-electron chi connectivity index (χ3n) is 3.43. The monoisotopic (exact) mass is 265 g/mol. The van der Waals surface area contributed by atoms with Gasteiger partial charge in [0.2, 0.25) is 0 Å². The summed E-state index contributed by atoms with van der Waals surface area (Å²) in [4.78, 5) is 20.9.